The summed E-state index contributed by atoms with van der Waals surface area (Å²) in [6.07, 6.45) is 0. The summed E-state index contributed by atoms with van der Waals surface area (Å²) < 4.78 is 0. The lowest BCUT2D eigenvalue weighted by Gasteiger charge is -2.08. The number of primary amides is 1. The van der Waals surface area contributed by atoms with Crippen LogP contribution in [-0.4, -0.2) is 22.5 Å². The summed E-state index contributed by atoms with van der Waals surface area (Å²) in [6.45, 7) is 0. The predicted molar refractivity (Wildman–Crippen MR) is 97.4 cm³/mol. The molecular weight excluding hydrogens is 389 g/mol. The Morgan fingerprint density at radius 3 is 2.52 bits per heavy atom. The van der Waals surface area contributed by atoms with Crippen molar-refractivity contribution in [2.24, 2.45) is 5.73 Å². The molecule has 0 aromatic heterocycles. The zero-order valence-electron chi connectivity index (χ0n) is 12.5. The van der Waals surface area contributed by atoms with Crippen molar-refractivity contribution in [1.82, 2.24) is 0 Å². The number of nitrogens with two attached hydrogens (primary N) is 1. The SMILES string of the molecule is NC(=O)c1ccc(SCC(=O)Nc2ccc(Cl)cc2Cl)c([N+](=O)[O-])c1. The molecule has 0 aliphatic heterocycles. The molecule has 25 heavy (non-hydrogen) atoms. The molecule has 0 aliphatic carbocycles. The lowest BCUT2D eigenvalue weighted by molar-refractivity contribution is -0.387. The van der Waals surface area contributed by atoms with E-state index in [1.54, 1.807) is 12.1 Å². The van der Waals surface area contributed by atoms with E-state index < -0.39 is 16.7 Å². The van der Waals surface area contributed by atoms with Crippen LogP contribution in [0.25, 0.3) is 0 Å². The molecule has 2 amide bonds. The highest BCUT2D eigenvalue weighted by atomic mass is 35.5. The number of nitrogens with zero attached hydrogens (tertiary/aromatic N) is 1. The van der Waals surface area contributed by atoms with E-state index in [9.17, 15) is 19.7 Å². The first-order chi connectivity index (χ1) is 11.8. The van der Waals surface area contributed by atoms with Gasteiger partial charge < -0.3 is 11.1 Å². The van der Waals surface area contributed by atoms with Gasteiger partial charge in [0.25, 0.3) is 5.69 Å². The second kappa shape index (κ2) is 8.19. The number of nitro benzene ring substituents is 1. The van der Waals surface area contributed by atoms with E-state index >= 15 is 0 Å². The van der Waals surface area contributed by atoms with Gasteiger partial charge >= 0.3 is 0 Å². The molecule has 0 unspecified atom stereocenters. The average molecular weight is 400 g/mol. The van der Waals surface area contributed by atoms with Crippen LogP contribution in [0.2, 0.25) is 10.0 Å². The summed E-state index contributed by atoms with van der Waals surface area (Å²) in [5.74, 6) is -1.26. The maximum atomic E-state index is 12.0. The summed E-state index contributed by atoms with van der Waals surface area (Å²) in [7, 11) is 0. The van der Waals surface area contributed by atoms with E-state index in [1.807, 2.05) is 0 Å². The van der Waals surface area contributed by atoms with Crippen LogP contribution in [0.15, 0.2) is 41.3 Å². The Morgan fingerprint density at radius 2 is 1.92 bits per heavy atom. The lowest BCUT2D eigenvalue weighted by Crippen LogP contribution is -2.14. The quantitative estimate of drug-likeness (QED) is 0.436. The number of rotatable bonds is 6. The number of benzene rings is 2. The van der Waals surface area contributed by atoms with Crippen LogP contribution in [-0.2, 0) is 4.79 Å². The second-order valence-corrected chi connectivity index (χ2v) is 6.63. The first-order valence-corrected chi connectivity index (χ1v) is 8.48. The molecule has 3 N–H and O–H groups in total. The number of hydrogen-bond donors (Lipinski definition) is 2. The fourth-order valence-electron chi connectivity index (χ4n) is 1.86. The van der Waals surface area contributed by atoms with E-state index in [1.165, 1.54) is 18.2 Å². The molecule has 0 bridgehead atoms. The molecular formula is C15H11Cl2N3O4S. The highest BCUT2D eigenvalue weighted by Gasteiger charge is 2.18. The Bertz CT molecular complexity index is 861. The van der Waals surface area contributed by atoms with E-state index in [0.29, 0.717) is 10.7 Å². The number of hydrogen-bond acceptors (Lipinski definition) is 5. The molecule has 0 fully saturated rings. The van der Waals surface area contributed by atoms with Crippen LogP contribution in [0.4, 0.5) is 11.4 Å². The Kier molecular flexibility index (Phi) is 6.24. The summed E-state index contributed by atoms with van der Waals surface area (Å²) >= 11 is 12.7. The number of carbonyl (C=O) groups excluding carboxylic acids is 2. The largest absolute Gasteiger partial charge is 0.366 e. The van der Waals surface area contributed by atoms with Gasteiger partial charge in [-0.1, -0.05) is 23.2 Å². The third-order valence-corrected chi connectivity index (χ3v) is 4.61. The molecule has 0 radical (unpaired) electrons. The third kappa shape index (κ3) is 5.09. The van der Waals surface area contributed by atoms with Crippen molar-refractivity contribution >= 4 is 58.2 Å². The van der Waals surface area contributed by atoms with Gasteiger partial charge in [0, 0.05) is 16.7 Å². The summed E-state index contributed by atoms with van der Waals surface area (Å²) in [5, 5.41) is 14.4. The predicted octanol–water partition coefficient (Wildman–Crippen LogP) is 3.73. The zero-order valence-corrected chi connectivity index (χ0v) is 14.8. The van der Waals surface area contributed by atoms with Crippen molar-refractivity contribution in [3.8, 4) is 0 Å². The Balaban J connectivity index is 2.08. The number of nitrogens with one attached hydrogen (secondary N) is 1. The molecule has 2 aromatic carbocycles. The van der Waals surface area contributed by atoms with Crippen LogP contribution < -0.4 is 11.1 Å². The molecule has 0 heterocycles. The fourth-order valence-corrected chi connectivity index (χ4v) is 3.12. The third-order valence-electron chi connectivity index (χ3n) is 3.00. The highest BCUT2D eigenvalue weighted by molar-refractivity contribution is 8.00. The molecule has 2 rings (SSSR count). The minimum absolute atomic E-state index is 0.0217. The molecule has 0 atom stereocenters. The summed E-state index contributed by atoms with van der Waals surface area (Å²) in [4.78, 5) is 33.9. The van der Waals surface area contributed by atoms with Gasteiger partial charge in [-0.25, -0.2) is 0 Å². The zero-order chi connectivity index (χ0) is 18.6. The first-order valence-electron chi connectivity index (χ1n) is 6.74. The number of amides is 2. The standard InChI is InChI=1S/C15H11Cl2N3O4S/c16-9-2-3-11(10(17)6-9)19-14(21)7-25-13-4-1-8(15(18)22)5-12(13)20(23)24/h1-6H,7H2,(H2,18,22)(H,19,21). The van der Waals surface area contributed by atoms with E-state index in [2.05, 4.69) is 5.32 Å². The van der Waals surface area contributed by atoms with Crippen LogP contribution in [0, 0.1) is 10.1 Å². The van der Waals surface area contributed by atoms with Crippen molar-refractivity contribution in [2.45, 2.75) is 4.90 Å². The smallest absolute Gasteiger partial charge is 0.283 e. The van der Waals surface area contributed by atoms with E-state index in [0.717, 1.165) is 17.8 Å². The number of halogens is 2. The Labute approximate surface area is 156 Å². The highest BCUT2D eigenvalue weighted by Crippen LogP contribution is 2.31. The van der Waals surface area contributed by atoms with Crippen LogP contribution in [0.3, 0.4) is 0 Å². The monoisotopic (exact) mass is 399 g/mol. The lowest BCUT2D eigenvalue weighted by atomic mass is 10.2. The summed E-state index contributed by atoms with van der Waals surface area (Å²) in [6, 6.07) is 8.44. The number of thioether (sulfide) groups is 1. The second-order valence-electron chi connectivity index (χ2n) is 4.76. The molecule has 0 saturated heterocycles. The van der Waals surface area contributed by atoms with Crippen LogP contribution in [0.5, 0.6) is 0 Å². The van der Waals surface area contributed by atoms with Gasteiger partial charge in [0.2, 0.25) is 11.8 Å². The van der Waals surface area contributed by atoms with Gasteiger partial charge in [0.15, 0.2) is 0 Å². The van der Waals surface area contributed by atoms with Crippen LogP contribution >= 0.6 is 35.0 Å². The van der Waals surface area contributed by atoms with Gasteiger partial charge in [-0.3, -0.25) is 19.7 Å². The van der Waals surface area contributed by atoms with Crippen molar-refractivity contribution in [3.05, 3.63) is 62.1 Å². The van der Waals surface area contributed by atoms with Gasteiger partial charge in [-0.15, -0.1) is 11.8 Å². The van der Waals surface area contributed by atoms with Gasteiger partial charge in [-0.05, 0) is 30.3 Å². The molecule has 0 spiro atoms. The normalized spacial score (nSPS) is 10.3. The van der Waals surface area contributed by atoms with E-state index in [-0.39, 0.29) is 26.9 Å². The Hall–Kier alpha value is -2.29. The summed E-state index contributed by atoms with van der Waals surface area (Å²) in [5.41, 5.74) is 5.22. The molecule has 0 aliphatic rings. The maximum Gasteiger partial charge on any atom is 0.283 e. The number of anilines is 1. The fraction of sp³-hybridized carbons (Fsp3) is 0.0667. The molecule has 0 saturated carbocycles. The van der Waals surface area contributed by atoms with Crippen molar-refractivity contribution in [2.75, 3.05) is 11.1 Å². The van der Waals surface area contributed by atoms with E-state index in [4.69, 9.17) is 28.9 Å². The average Bonchev–Trinajstić information content (AvgIpc) is 2.55. The topological polar surface area (TPSA) is 115 Å². The number of carbonyl (C=O) groups is 2. The minimum Gasteiger partial charge on any atom is -0.366 e. The van der Waals surface area contributed by atoms with Gasteiger partial charge in [-0.2, -0.15) is 0 Å². The Morgan fingerprint density at radius 1 is 1.20 bits per heavy atom. The van der Waals surface area contributed by atoms with Gasteiger partial charge in [0.1, 0.15) is 0 Å². The molecule has 7 nitrogen and oxygen atoms in total. The minimum atomic E-state index is -0.769. The van der Waals surface area contributed by atoms with Crippen molar-refractivity contribution < 1.29 is 14.5 Å². The molecule has 2 aromatic rings. The van der Waals surface area contributed by atoms with Crippen LogP contribution in [0.1, 0.15) is 10.4 Å². The first kappa shape index (κ1) is 19.0. The maximum absolute atomic E-state index is 12.0. The van der Waals surface area contributed by atoms with Gasteiger partial charge in [0.05, 0.1) is 26.3 Å². The molecule has 10 heteroatoms. The van der Waals surface area contributed by atoms with Crippen molar-refractivity contribution in [3.63, 3.8) is 0 Å². The number of nitro groups is 1. The van der Waals surface area contributed by atoms with Crippen molar-refractivity contribution in [1.29, 1.82) is 0 Å². The molecule has 130 valence electrons.